The molecule has 4 rings (SSSR count). The molecule has 0 fully saturated rings. The molecule has 0 amide bonds. The first-order chi connectivity index (χ1) is 14.1. The summed E-state index contributed by atoms with van der Waals surface area (Å²) in [7, 11) is 3.05. The van der Waals surface area contributed by atoms with Gasteiger partial charge in [0.2, 0.25) is 0 Å². The van der Waals surface area contributed by atoms with E-state index >= 15 is 0 Å². The van der Waals surface area contributed by atoms with Crippen LogP contribution in [-0.2, 0) is 14.7 Å². The largest absolute Gasteiger partial charge is 0.376 e. The fourth-order valence-electron chi connectivity index (χ4n) is 3.83. The van der Waals surface area contributed by atoms with Crippen molar-refractivity contribution in [1.82, 2.24) is 0 Å². The molecule has 0 bridgehead atoms. The predicted molar refractivity (Wildman–Crippen MR) is 111 cm³/mol. The predicted octanol–water partition coefficient (Wildman–Crippen LogP) is 4.02. The van der Waals surface area contributed by atoms with E-state index in [0.29, 0.717) is 11.4 Å². The summed E-state index contributed by atoms with van der Waals surface area (Å²) in [6.45, 7) is 0. The lowest BCUT2D eigenvalue weighted by Gasteiger charge is -2.39. The molecule has 0 saturated carbocycles. The Hall–Kier alpha value is -2.68. The van der Waals surface area contributed by atoms with Crippen LogP contribution in [-0.4, -0.2) is 26.7 Å². The third-order valence-corrected chi connectivity index (χ3v) is 6.63. The highest BCUT2D eigenvalue weighted by Gasteiger charge is 2.49. The molecule has 156 valence electrons. The highest BCUT2D eigenvalue weighted by Crippen LogP contribution is 2.45. The minimum atomic E-state index is -3.98. The number of rotatable bonds is 4. The molecule has 1 aliphatic rings. The van der Waals surface area contributed by atoms with Crippen molar-refractivity contribution in [3.05, 3.63) is 89.5 Å². The Morgan fingerprint density at radius 1 is 1.00 bits per heavy atom. The van der Waals surface area contributed by atoms with Gasteiger partial charge in [-0.05, 0) is 30.3 Å². The SMILES string of the molecule is CN1c2cc(S(=O)(=O)Cl)ccc2NC1C(O)(c1ccccc1F)c1ccccc1F. The Morgan fingerprint density at radius 2 is 1.53 bits per heavy atom. The fourth-order valence-corrected chi connectivity index (χ4v) is 4.60. The van der Waals surface area contributed by atoms with E-state index in [1.54, 1.807) is 19.2 Å². The number of anilines is 2. The van der Waals surface area contributed by atoms with E-state index in [2.05, 4.69) is 5.32 Å². The molecule has 9 heteroatoms. The van der Waals surface area contributed by atoms with Gasteiger partial charge in [0.15, 0.2) is 5.60 Å². The number of aliphatic hydroxyl groups is 1. The van der Waals surface area contributed by atoms with Gasteiger partial charge in [0.05, 0.1) is 16.3 Å². The van der Waals surface area contributed by atoms with Gasteiger partial charge in [0, 0.05) is 28.9 Å². The van der Waals surface area contributed by atoms with Gasteiger partial charge in [0.1, 0.15) is 17.8 Å². The second-order valence-corrected chi connectivity index (χ2v) is 9.57. The molecule has 30 heavy (non-hydrogen) atoms. The lowest BCUT2D eigenvalue weighted by atomic mass is 9.82. The fraction of sp³-hybridized carbons (Fsp3) is 0.143. The van der Waals surface area contributed by atoms with Crippen molar-refractivity contribution in [3.63, 3.8) is 0 Å². The number of hydrogen-bond donors (Lipinski definition) is 2. The minimum absolute atomic E-state index is 0.127. The van der Waals surface area contributed by atoms with Crippen molar-refractivity contribution >= 4 is 31.1 Å². The van der Waals surface area contributed by atoms with Crippen molar-refractivity contribution < 1.29 is 22.3 Å². The Kier molecular flexibility index (Phi) is 4.96. The number of benzene rings is 3. The van der Waals surface area contributed by atoms with E-state index in [4.69, 9.17) is 10.7 Å². The first-order valence-electron chi connectivity index (χ1n) is 8.94. The average Bonchev–Trinajstić information content (AvgIpc) is 3.04. The zero-order valence-electron chi connectivity index (χ0n) is 15.7. The highest BCUT2D eigenvalue weighted by molar-refractivity contribution is 8.13. The number of nitrogens with one attached hydrogen (secondary N) is 1. The molecule has 5 nitrogen and oxygen atoms in total. The first kappa shape index (κ1) is 20.6. The summed E-state index contributed by atoms with van der Waals surface area (Å²) < 4.78 is 53.1. The standard InChI is InChI=1S/C21H17ClF2N2O3S/c1-26-19-12-13(30(22,28)29)10-11-18(19)25-20(26)21(27,14-6-2-4-8-16(14)23)15-7-3-5-9-17(15)24/h2-12,20,25,27H,1H3. The maximum absolute atomic E-state index is 14.8. The second kappa shape index (κ2) is 7.23. The Labute approximate surface area is 177 Å². The molecule has 0 aromatic heterocycles. The normalized spacial score (nSPS) is 16.3. The molecule has 0 saturated heterocycles. The van der Waals surface area contributed by atoms with E-state index < -0.39 is 32.5 Å². The summed E-state index contributed by atoms with van der Waals surface area (Å²) in [5, 5.41) is 14.9. The lowest BCUT2D eigenvalue weighted by Crippen LogP contribution is -2.52. The topological polar surface area (TPSA) is 69.6 Å². The summed E-state index contributed by atoms with van der Waals surface area (Å²) in [4.78, 5) is 1.40. The Balaban J connectivity index is 1.91. The molecule has 0 aliphatic carbocycles. The molecular weight excluding hydrogens is 434 g/mol. The molecule has 3 aromatic rings. The lowest BCUT2D eigenvalue weighted by molar-refractivity contribution is 0.0537. The third-order valence-electron chi connectivity index (χ3n) is 5.27. The van der Waals surface area contributed by atoms with Crippen LogP contribution in [0.3, 0.4) is 0 Å². The van der Waals surface area contributed by atoms with Crippen LogP contribution in [0, 0.1) is 11.6 Å². The number of nitrogens with zero attached hydrogens (tertiary/aromatic N) is 1. The number of likely N-dealkylation sites (N-methyl/N-ethyl adjacent to an activating group) is 1. The van der Waals surface area contributed by atoms with E-state index in [1.807, 2.05) is 0 Å². The quantitative estimate of drug-likeness (QED) is 0.588. The van der Waals surface area contributed by atoms with Gasteiger partial charge in [-0.25, -0.2) is 17.2 Å². The van der Waals surface area contributed by atoms with Crippen molar-refractivity contribution in [3.8, 4) is 0 Å². The molecule has 1 aliphatic heterocycles. The van der Waals surface area contributed by atoms with Crippen molar-refractivity contribution in [2.24, 2.45) is 0 Å². The van der Waals surface area contributed by atoms with E-state index in [9.17, 15) is 22.3 Å². The zero-order chi connectivity index (χ0) is 21.7. The van der Waals surface area contributed by atoms with Crippen LogP contribution < -0.4 is 10.2 Å². The van der Waals surface area contributed by atoms with Gasteiger partial charge in [-0.1, -0.05) is 36.4 Å². The molecular formula is C21H17ClF2N2O3S. The molecule has 3 aromatic carbocycles. The average molecular weight is 451 g/mol. The van der Waals surface area contributed by atoms with Crippen LogP contribution in [0.15, 0.2) is 71.6 Å². The van der Waals surface area contributed by atoms with Crippen molar-refractivity contribution in [1.29, 1.82) is 0 Å². The van der Waals surface area contributed by atoms with E-state index in [0.717, 1.165) is 0 Å². The van der Waals surface area contributed by atoms with E-state index in [1.165, 1.54) is 59.5 Å². The first-order valence-corrected chi connectivity index (χ1v) is 11.3. The smallest absolute Gasteiger partial charge is 0.261 e. The van der Waals surface area contributed by atoms with Gasteiger partial charge in [-0.3, -0.25) is 0 Å². The minimum Gasteiger partial charge on any atom is -0.376 e. The highest BCUT2D eigenvalue weighted by atomic mass is 35.7. The number of fused-ring (bicyclic) bond motifs is 1. The third kappa shape index (κ3) is 3.21. The molecule has 1 unspecified atom stereocenters. The summed E-state index contributed by atoms with van der Waals surface area (Å²) >= 11 is 0. The maximum Gasteiger partial charge on any atom is 0.261 e. The van der Waals surface area contributed by atoms with Crippen LogP contribution in [0.25, 0.3) is 0 Å². The molecule has 1 atom stereocenters. The summed E-state index contributed by atoms with van der Waals surface area (Å²) in [5.74, 6) is -1.42. The maximum atomic E-state index is 14.8. The number of halogens is 3. The summed E-state index contributed by atoms with van der Waals surface area (Å²) in [5.41, 5.74) is -1.51. The van der Waals surface area contributed by atoms with Crippen LogP contribution in [0.5, 0.6) is 0 Å². The van der Waals surface area contributed by atoms with Crippen LogP contribution in [0.1, 0.15) is 11.1 Å². The van der Waals surface area contributed by atoms with Gasteiger partial charge < -0.3 is 15.3 Å². The van der Waals surface area contributed by atoms with Crippen LogP contribution >= 0.6 is 10.7 Å². The van der Waals surface area contributed by atoms with Gasteiger partial charge in [-0.15, -0.1) is 0 Å². The monoisotopic (exact) mass is 450 g/mol. The summed E-state index contributed by atoms with van der Waals surface area (Å²) in [6.07, 6.45) is -1.05. The zero-order valence-corrected chi connectivity index (χ0v) is 17.3. The van der Waals surface area contributed by atoms with Gasteiger partial charge in [0.25, 0.3) is 9.05 Å². The van der Waals surface area contributed by atoms with Gasteiger partial charge >= 0.3 is 0 Å². The Bertz CT molecular complexity index is 1190. The molecule has 0 radical (unpaired) electrons. The Morgan fingerprint density at radius 3 is 2.03 bits per heavy atom. The molecule has 2 N–H and O–H groups in total. The number of hydrogen-bond acceptors (Lipinski definition) is 5. The molecule has 0 spiro atoms. The van der Waals surface area contributed by atoms with Crippen LogP contribution in [0.4, 0.5) is 20.2 Å². The molecule has 1 heterocycles. The van der Waals surface area contributed by atoms with Crippen molar-refractivity contribution in [2.45, 2.75) is 16.7 Å². The second-order valence-electron chi connectivity index (χ2n) is 7.00. The van der Waals surface area contributed by atoms with Crippen molar-refractivity contribution in [2.75, 3.05) is 17.3 Å². The van der Waals surface area contributed by atoms with Crippen LogP contribution in [0.2, 0.25) is 0 Å². The van der Waals surface area contributed by atoms with Gasteiger partial charge in [-0.2, -0.15) is 0 Å². The van der Waals surface area contributed by atoms with E-state index in [-0.39, 0.29) is 16.0 Å². The summed E-state index contributed by atoms with van der Waals surface area (Å²) in [6, 6.07) is 15.3.